The molecule has 1 aliphatic rings. The number of rotatable bonds is 5. The molecule has 1 N–H and O–H groups in total. The van der Waals surface area contributed by atoms with Gasteiger partial charge in [0.1, 0.15) is 18.1 Å². The van der Waals surface area contributed by atoms with Gasteiger partial charge in [0.15, 0.2) is 0 Å². The molecule has 1 aliphatic heterocycles. The number of aromatic carboxylic acids is 1. The number of hydrogen-bond donors (Lipinski definition) is 1. The lowest BCUT2D eigenvalue weighted by Gasteiger charge is -2.09. The third-order valence-corrected chi connectivity index (χ3v) is 4.99. The minimum absolute atomic E-state index is 0.0310. The average molecular weight is 422 g/mol. The smallest absolute Gasteiger partial charge is 0.337 e. The maximum absolute atomic E-state index is 12.3. The van der Waals surface area contributed by atoms with Gasteiger partial charge >= 0.3 is 11.9 Å². The SMILES string of the molecule is COC(=O)CN1C(=O)S/C(=C\c2ccc(-c3ccc(C(=O)O)c(Cl)c3)o2)C1=O. The van der Waals surface area contributed by atoms with Crippen LogP contribution >= 0.6 is 23.4 Å². The minimum Gasteiger partial charge on any atom is -0.478 e. The Hall–Kier alpha value is -3.04. The summed E-state index contributed by atoms with van der Waals surface area (Å²) in [5.41, 5.74) is 0.518. The first kappa shape index (κ1) is 19.7. The summed E-state index contributed by atoms with van der Waals surface area (Å²) < 4.78 is 10.1. The Labute approximate surface area is 167 Å². The average Bonchev–Trinajstić information content (AvgIpc) is 3.21. The summed E-state index contributed by atoms with van der Waals surface area (Å²) in [6.45, 7) is -0.462. The third kappa shape index (κ3) is 3.95. The van der Waals surface area contributed by atoms with Crippen molar-refractivity contribution in [3.63, 3.8) is 0 Å². The summed E-state index contributed by atoms with van der Waals surface area (Å²) in [6, 6.07) is 7.57. The van der Waals surface area contributed by atoms with Gasteiger partial charge in [0.2, 0.25) is 0 Å². The van der Waals surface area contributed by atoms with Crippen molar-refractivity contribution in [1.82, 2.24) is 4.90 Å². The number of carboxylic acid groups (broad SMARTS) is 1. The molecule has 0 saturated carbocycles. The Morgan fingerprint density at radius 1 is 1.29 bits per heavy atom. The Morgan fingerprint density at radius 2 is 2.04 bits per heavy atom. The first-order valence-corrected chi connectivity index (χ1v) is 8.95. The number of benzene rings is 1. The lowest BCUT2D eigenvalue weighted by molar-refractivity contribution is -0.143. The number of esters is 1. The third-order valence-electron chi connectivity index (χ3n) is 3.77. The zero-order chi connectivity index (χ0) is 20.4. The van der Waals surface area contributed by atoms with E-state index in [-0.39, 0.29) is 15.5 Å². The molecule has 10 heteroatoms. The standard InChI is InChI=1S/C18H12ClNO7S/c1-26-15(21)8-20-16(22)14(28-18(20)25)7-10-3-5-13(27-10)9-2-4-11(17(23)24)12(19)6-9/h2-7H,8H2,1H3,(H,23,24)/b14-7-. The summed E-state index contributed by atoms with van der Waals surface area (Å²) in [5.74, 6) is -1.76. The van der Waals surface area contributed by atoms with Gasteiger partial charge in [-0.1, -0.05) is 17.7 Å². The van der Waals surface area contributed by atoms with Crippen LogP contribution in [0, 0.1) is 0 Å². The highest BCUT2D eigenvalue weighted by atomic mass is 35.5. The van der Waals surface area contributed by atoms with Crippen molar-refractivity contribution in [2.45, 2.75) is 0 Å². The van der Waals surface area contributed by atoms with Crippen LogP contribution in [0.2, 0.25) is 5.02 Å². The van der Waals surface area contributed by atoms with Crippen LogP contribution in [0.3, 0.4) is 0 Å². The van der Waals surface area contributed by atoms with E-state index in [0.29, 0.717) is 28.8 Å². The number of carbonyl (C=O) groups excluding carboxylic acids is 3. The molecule has 2 amide bonds. The Morgan fingerprint density at radius 3 is 2.68 bits per heavy atom. The second-order valence-corrected chi connectivity index (χ2v) is 6.95. The van der Waals surface area contributed by atoms with E-state index >= 15 is 0 Å². The van der Waals surface area contributed by atoms with Gasteiger partial charge < -0.3 is 14.3 Å². The molecule has 0 aliphatic carbocycles. The number of thioether (sulfide) groups is 1. The molecule has 0 radical (unpaired) electrons. The Bertz CT molecular complexity index is 1030. The van der Waals surface area contributed by atoms with Gasteiger partial charge in [-0.05, 0) is 36.0 Å². The zero-order valence-electron chi connectivity index (χ0n) is 14.3. The number of imide groups is 1. The van der Waals surface area contributed by atoms with Gasteiger partial charge in [0, 0.05) is 11.6 Å². The quantitative estimate of drug-likeness (QED) is 0.576. The second kappa shape index (κ2) is 7.91. The summed E-state index contributed by atoms with van der Waals surface area (Å²) in [6.07, 6.45) is 1.39. The molecular weight excluding hydrogens is 410 g/mol. The Balaban J connectivity index is 1.82. The van der Waals surface area contributed by atoms with Crippen molar-refractivity contribution >= 4 is 52.5 Å². The molecule has 1 aromatic heterocycles. The van der Waals surface area contributed by atoms with Crippen molar-refractivity contribution in [3.8, 4) is 11.3 Å². The number of furan rings is 1. The summed E-state index contributed by atoms with van der Waals surface area (Å²) in [5, 5.41) is 8.50. The number of hydrogen-bond acceptors (Lipinski definition) is 7. The molecule has 28 heavy (non-hydrogen) atoms. The first-order valence-electron chi connectivity index (χ1n) is 7.75. The van der Waals surface area contributed by atoms with E-state index in [1.54, 1.807) is 18.2 Å². The molecule has 2 heterocycles. The number of ether oxygens (including phenoxy) is 1. The summed E-state index contributed by atoms with van der Waals surface area (Å²) >= 11 is 6.65. The molecule has 3 rings (SSSR count). The van der Waals surface area contributed by atoms with Crippen LogP contribution in [-0.2, 0) is 14.3 Å². The summed E-state index contributed by atoms with van der Waals surface area (Å²) in [4.78, 5) is 47.4. The number of nitrogens with zero attached hydrogens (tertiary/aromatic N) is 1. The monoisotopic (exact) mass is 421 g/mol. The lowest BCUT2D eigenvalue weighted by atomic mass is 10.1. The normalized spacial score (nSPS) is 15.4. The maximum Gasteiger partial charge on any atom is 0.337 e. The number of halogens is 1. The number of carboxylic acids is 1. The van der Waals surface area contributed by atoms with E-state index in [1.165, 1.54) is 18.2 Å². The lowest BCUT2D eigenvalue weighted by Crippen LogP contribution is -2.34. The largest absolute Gasteiger partial charge is 0.478 e. The van der Waals surface area contributed by atoms with E-state index in [2.05, 4.69) is 4.74 Å². The highest BCUT2D eigenvalue weighted by Crippen LogP contribution is 2.33. The Kier molecular flexibility index (Phi) is 5.57. The predicted octanol–water partition coefficient (Wildman–Crippen LogP) is 3.51. The fourth-order valence-corrected chi connectivity index (χ4v) is 3.47. The molecular formula is C18H12ClNO7S. The van der Waals surface area contributed by atoms with Gasteiger partial charge in [-0.25, -0.2) is 4.79 Å². The predicted molar refractivity (Wildman–Crippen MR) is 101 cm³/mol. The molecule has 8 nitrogen and oxygen atoms in total. The van der Waals surface area contributed by atoms with Crippen molar-refractivity contribution in [1.29, 1.82) is 0 Å². The molecule has 1 fully saturated rings. The van der Waals surface area contributed by atoms with Crippen LogP contribution < -0.4 is 0 Å². The topological polar surface area (TPSA) is 114 Å². The fourth-order valence-electron chi connectivity index (χ4n) is 2.39. The van der Waals surface area contributed by atoms with Crippen LogP contribution in [0.15, 0.2) is 39.7 Å². The van der Waals surface area contributed by atoms with E-state index in [4.69, 9.17) is 21.1 Å². The van der Waals surface area contributed by atoms with E-state index < -0.39 is 29.6 Å². The van der Waals surface area contributed by atoms with Crippen molar-refractivity contribution in [2.24, 2.45) is 0 Å². The van der Waals surface area contributed by atoms with Crippen LogP contribution in [0.5, 0.6) is 0 Å². The maximum atomic E-state index is 12.3. The van der Waals surface area contributed by atoms with Gasteiger partial charge in [0.05, 0.1) is 22.6 Å². The van der Waals surface area contributed by atoms with Crippen molar-refractivity contribution in [2.75, 3.05) is 13.7 Å². The van der Waals surface area contributed by atoms with Crippen LogP contribution in [0.4, 0.5) is 4.79 Å². The molecule has 1 saturated heterocycles. The molecule has 1 aromatic carbocycles. The van der Waals surface area contributed by atoms with Crippen LogP contribution in [0.1, 0.15) is 16.1 Å². The van der Waals surface area contributed by atoms with E-state index in [9.17, 15) is 19.2 Å². The zero-order valence-corrected chi connectivity index (χ0v) is 15.9. The highest BCUT2D eigenvalue weighted by molar-refractivity contribution is 8.18. The van der Waals surface area contributed by atoms with Crippen LogP contribution in [-0.4, -0.2) is 46.7 Å². The van der Waals surface area contributed by atoms with Gasteiger partial charge in [-0.2, -0.15) is 0 Å². The molecule has 0 bridgehead atoms. The number of carbonyl (C=O) groups is 4. The molecule has 144 valence electrons. The molecule has 0 spiro atoms. The van der Waals surface area contributed by atoms with Gasteiger partial charge in [0.25, 0.3) is 11.1 Å². The van der Waals surface area contributed by atoms with E-state index in [1.807, 2.05) is 0 Å². The van der Waals surface area contributed by atoms with Gasteiger partial charge in [-0.15, -0.1) is 0 Å². The summed E-state index contributed by atoms with van der Waals surface area (Å²) in [7, 11) is 1.16. The van der Waals surface area contributed by atoms with E-state index in [0.717, 1.165) is 12.0 Å². The fraction of sp³-hybridized carbons (Fsp3) is 0.111. The van der Waals surface area contributed by atoms with Gasteiger partial charge in [-0.3, -0.25) is 19.3 Å². The first-order chi connectivity index (χ1) is 13.3. The van der Waals surface area contributed by atoms with Crippen molar-refractivity contribution < 1.29 is 33.4 Å². The van der Waals surface area contributed by atoms with Crippen molar-refractivity contribution in [3.05, 3.63) is 51.6 Å². The number of amides is 2. The molecule has 0 atom stereocenters. The minimum atomic E-state index is -1.14. The van der Waals surface area contributed by atoms with Crippen LogP contribution in [0.25, 0.3) is 17.4 Å². The molecule has 0 unspecified atom stereocenters. The number of methoxy groups -OCH3 is 1. The highest BCUT2D eigenvalue weighted by Gasteiger charge is 2.36. The molecule has 2 aromatic rings. The second-order valence-electron chi connectivity index (χ2n) is 5.55.